The van der Waals surface area contributed by atoms with Crippen LogP contribution in [0.2, 0.25) is 0 Å². The highest BCUT2D eigenvalue weighted by Crippen LogP contribution is 1.98. The monoisotopic (exact) mass is 139 g/mol. The zero-order chi connectivity index (χ0) is 7.72. The topological polar surface area (TPSA) is 69.4 Å². The van der Waals surface area contributed by atoms with E-state index in [0.29, 0.717) is 0 Å². The van der Waals surface area contributed by atoms with Crippen molar-refractivity contribution in [1.29, 1.82) is 0 Å². The first-order valence-corrected chi connectivity index (χ1v) is 3.03. The molecule has 1 aromatic heterocycles. The Morgan fingerprint density at radius 2 is 2.30 bits per heavy atom. The molecule has 0 bridgehead atoms. The van der Waals surface area contributed by atoms with Crippen LogP contribution in [0.15, 0.2) is 6.07 Å². The Balaban J connectivity index is 3.15. The number of aryl methyl sites for hydroxylation is 2. The van der Waals surface area contributed by atoms with E-state index in [9.17, 15) is 0 Å². The van der Waals surface area contributed by atoms with Crippen molar-refractivity contribution >= 4 is 5.96 Å². The van der Waals surface area contributed by atoms with Crippen LogP contribution in [-0.2, 0) is 0 Å². The highest BCUT2D eigenvalue weighted by molar-refractivity contribution is 5.73. The molecule has 10 heavy (non-hydrogen) atoms. The minimum atomic E-state index is 0.214. The SMILES string of the molecule is Cc1cc(C)n(C(N)=[NH2+])n1. The van der Waals surface area contributed by atoms with Crippen LogP contribution in [0.25, 0.3) is 0 Å². The van der Waals surface area contributed by atoms with Crippen LogP contribution >= 0.6 is 0 Å². The van der Waals surface area contributed by atoms with Crippen molar-refractivity contribution in [2.75, 3.05) is 0 Å². The molecule has 0 unspecified atom stereocenters. The van der Waals surface area contributed by atoms with E-state index < -0.39 is 0 Å². The molecule has 0 aliphatic carbocycles. The summed E-state index contributed by atoms with van der Waals surface area (Å²) in [7, 11) is 0. The third kappa shape index (κ3) is 1.00. The van der Waals surface area contributed by atoms with Gasteiger partial charge in [-0.25, -0.2) is 0 Å². The number of rotatable bonds is 0. The third-order valence-electron chi connectivity index (χ3n) is 1.25. The van der Waals surface area contributed by atoms with Gasteiger partial charge in [0.15, 0.2) is 0 Å². The Morgan fingerprint density at radius 3 is 2.50 bits per heavy atom. The smallest absolute Gasteiger partial charge is 0.289 e. The van der Waals surface area contributed by atoms with E-state index in [1.807, 2.05) is 19.9 Å². The van der Waals surface area contributed by atoms with Gasteiger partial charge in [0.05, 0.1) is 5.69 Å². The number of hydrogen-bond acceptors (Lipinski definition) is 1. The Kier molecular flexibility index (Phi) is 1.45. The van der Waals surface area contributed by atoms with Gasteiger partial charge in [-0.1, -0.05) is 0 Å². The maximum Gasteiger partial charge on any atom is 0.370 e. The quantitative estimate of drug-likeness (QED) is 0.336. The molecule has 0 amide bonds. The second-order valence-electron chi connectivity index (χ2n) is 2.26. The molecule has 0 aliphatic heterocycles. The first kappa shape index (κ1) is 6.80. The van der Waals surface area contributed by atoms with Gasteiger partial charge in [0.25, 0.3) is 0 Å². The molecule has 0 atom stereocenters. The number of hydrogen-bond donors (Lipinski definition) is 2. The molecule has 0 spiro atoms. The van der Waals surface area contributed by atoms with Crippen LogP contribution in [0.1, 0.15) is 11.4 Å². The zero-order valence-corrected chi connectivity index (χ0v) is 6.13. The summed E-state index contributed by atoms with van der Waals surface area (Å²) in [5.41, 5.74) is 7.20. The molecule has 0 saturated carbocycles. The van der Waals surface area contributed by atoms with Gasteiger partial charge in [0.1, 0.15) is 5.69 Å². The second kappa shape index (κ2) is 2.13. The first-order chi connectivity index (χ1) is 4.61. The highest BCUT2D eigenvalue weighted by Gasteiger charge is 2.07. The van der Waals surface area contributed by atoms with Crippen molar-refractivity contribution in [3.63, 3.8) is 0 Å². The molecule has 0 aromatic carbocycles. The van der Waals surface area contributed by atoms with Crippen LogP contribution in [0.3, 0.4) is 0 Å². The maximum atomic E-state index is 5.32. The summed E-state index contributed by atoms with van der Waals surface area (Å²) in [5, 5.41) is 9.36. The van der Waals surface area contributed by atoms with Gasteiger partial charge in [-0.3, -0.25) is 11.1 Å². The molecule has 54 valence electrons. The van der Waals surface area contributed by atoms with Crippen molar-refractivity contribution in [2.24, 2.45) is 5.73 Å². The van der Waals surface area contributed by atoms with E-state index in [1.54, 1.807) is 0 Å². The molecule has 0 aliphatic rings. The van der Waals surface area contributed by atoms with Crippen LogP contribution in [-0.4, -0.2) is 15.7 Å². The first-order valence-electron chi connectivity index (χ1n) is 3.03. The maximum absolute atomic E-state index is 5.32. The van der Waals surface area contributed by atoms with Gasteiger partial charge in [-0.2, -0.15) is 0 Å². The molecular weight excluding hydrogens is 128 g/mol. The number of nitrogens with two attached hydrogens (primary N) is 2. The predicted molar refractivity (Wildman–Crippen MR) is 38.2 cm³/mol. The summed E-state index contributed by atoms with van der Waals surface area (Å²) >= 11 is 0. The molecule has 1 heterocycles. The summed E-state index contributed by atoms with van der Waals surface area (Å²) in [6.45, 7) is 3.80. The van der Waals surface area contributed by atoms with E-state index in [1.165, 1.54) is 4.68 Å². The average Bonchev–Trinajstić information content (AvgIpc) is 2.10. The van der Waals surface area contributed by atoms with Gasteiger partial charge < -0.3 is 0 Å². The molecule has 4 nitrogen and oxygen atoms in total. The molecule has 0 radical (unpaired) electrons. The lowest BCUT2D eigenvalue weighted by atomic mass is 10.4. The predicted octanol–water partition coefficient (Wildman–Crippen LogP) is -1.58. The number of aromatic nitrogens is 2. The Bertz CT molecular complexity index is 261. The fraction of sp³-hybridized carbons (Fsp3) is 0.333. The van der Waals surface area contributed by atoms with Crippen LogP contribution < -0.4 is 11.1 Å². The van der Waals surface area contributed by atoms with E-state index in [2.05, 4.69) is 5.10 Å². The van der Waals surface area contributed by atoms with Gasteiger partial charge in [0, 0.05) is 0 Å². The Hall–Kier alpha value is -1.32. The summed E-state index contributed by atoms with van der Waals surface area (Å²) in [4.78, 5) is 0. The Labute approximate surface area is 59.2 Å². The van der Waals surface area contributed by atoms with E-state index in [0.717, 1.165) is 11.4 Å². The fourth-order valence-corrected chi connectivity index (χ4v) is 0.890. The van der Waals surface area contributed by atoms with Crippen LogP contribution in [0, 0.1) is 13.8 Å². The summed E-state index contributed by atoms with van der Waals surface area (Å²) < 4.78 is 1.51. The van der Waals surface area contributed by atoms with Crippen molar-refractivity contribution in [3.8, 4) is 0 Å². The standard InChI is InChI=1S/C6H10N4/c1-4-3-5(2)10(9-4)6(7)8/h3H,1-2H3,(H3,7,8)/p+1. The van der Waals surface area contributed by atoms with Crippen molar-refractivity contribution in [3.05, 3.63) is 17.5 Å². The fourth-order valence-electron chi connectivity index (χ4n) is 0.890. The summed E-state index contributed by atoms with van der Waals surface area (Å²) in [5.74, 6) is 0.214. The molecule has 4 N–H and O–H groups in total. The molecule has 1 rings (SSSR count). The third-order valence-corrected chi connectivity index (χ3v) is 1.25. The molecule has 1 aromatic rings. The lowest BCUT2D eigenvalue weighted by Gasteiger charge is -1.88. The minimum absolute atomic E-state index is 0.214. The van der Waals surface area contributed by atoms with Crippen LogP contribution in [0.5, 0.6) is 0 Å². The summed E-state index contributed by atoms with van der Waals surface area (Å²) in [6, 6.07) is 1.92. The zero-order valence-electron chi connectivity index (χ0n) is 6.13. The molecule has 0 fully saturated rings. The van der Waals surface area contributed by atoms with E-state index >= 15 is 0 Å². The van der Waals surface area contributed by atoms with Gasteiger partial charge in [-0.15, -0.1) is 9.78 Å². The van der Waals surface area contributed by atoms with E-state index in [-0.39, 0.29) is 5.96 Å². The number of nitrogens with zero attached hydrogens (tertiary/aromatic N) is 2. The molecular formula is C6H11N4+. The lowest BCUT2D eigenvalue weighted by molar-refractivity contribution is -0.120. The van der Waals surface area contributed by atoms with Gasteiger partial charge in [-0.05, 0) is 19.9 Å². The highest BCUT2D eigenvalue weighted by atomic mass is 15.3. The average molecular weight is 139 g/mol. The van der Waals surface area contributed by atoms with Crippen LogP contribution in [0.4, 0.5) is 0 Å². The van der Waals surface area contributed by atoms with Gasteiger partial charge >= 0.3 is 5.96 Å². The molecule has 0 saturated heterocycles. The van der Waals surface area contributed by atoms with Crippen molar-refractivity contribution < 1.29 is 5.41 Å². The van der Waals surface area contributed by atoms with Gasteiger partial charge in [0.2, 0.25) is 0 Å². The minimum Gasteiger partial charge on any atom is -0.289 e. The van der Waals surface area contributed by atoms with E-state index in [4.69, 9.17) is 11.1 Å². The molecule has 4 heteroatoms. The Morgan fingerprint density at radius 1 is 1.70 bits per heavy atom. The largest absolute Gasteiger partial charge is 0.370 e. The van der Waals surface area contributed by atoms with Crippen molar-refractivity contribution in [2.45, 2.75) is 13.8 Å². The second-order valence-corrected chi connectivity index (χ2v) is 2.26. The normalized spacial score (nSPS) is 9.80. The van der Waals surface area contributed by atoms with Crippen molar-refractivity contribution in [1.82, 2.24) is 9.78 Å². The lowest BCUT2D eigenvalue weighted by Crippen LogP contribution is -2.51. The summed E-state index contributed by atoms with van der Waals surface area (Å²) in [6.07, 6.45) is 0.